The molecule has 2 rings (SSSR count). The highest BCUT2D eigenvalue weighted by Crippen LogP contribution is 2.23. The highest BCUT2D eigenvalue weighted by atomic mass is 16.5. The number of fused-ring (bicyclic) bond motifs is 1. The molecular weight excluding hydrogens is 258 g/mol. The van der Waals surface area contributed by atoms with Crippen LogP contribution in [0.5, 0.6) is 5.75 Å². The molecule has 0 aliphatic carbocycles. The van der Waals surface area contributed by atoms with Gasteiger partial charge in [0.25, 0.3) is 5.91 Å². The number of carbonyl (C=O) groups is 1. The Labute approximate surface area is 116 Å². The van der Waals surface area contributed by atoms with Gasteiger partial charge in [-0.05, 0) is 24.1 Å². The normalized spacial score (nSPS) is 10.6. The van der Waals surface area contributed by atoms with Gasteiger partial charge in [0.1, 0.15) is 11.3 Å². The minimum absolute atomic E-state index is 0.0454. The first-order chi connectivity index (χ1) is 9.51. The molecule has 1 aromatic heterocycles. The van der Waals surface area contributed by atoms with Crippen LogP contribution in [-0.4, -0.2) is 31.5 Å². The van der Waals surface area contributed by atoms with Crippen molar-refractivity contribution in [1.82, 2.24) is 4.90 Å². The molecule has 0 saturated heterocycles. The third-order valence-electron chi connectivity index (χ3n) is 3.04. The van der Waals surface area contributed by atoms with Gasteiger partial charge in [0.2, 0.25) is 0 Å². The van der Waals surface area contributed by atoms with Crippen molar-refractivity contribution in [1.29, 1.82) is 0 Å². The van der Waals surface area contributed by atoms with E-state index in [9.17, 15) is 9.59 Å². The summed E-state index contributed by atoms with van der Waals surface area (Å²) in [5.74, 6) is 0.373. The third-order valence-corrected chi connectivity index (χ3v) is 3.04. The summed E-state index contributed by atoms with van der Waals surface area (Å²) in [6, 6.07) is 6.74. The monoisotopic (exact) mass is 275 g/mol. The summed E-state index contributed by atoms with van der Waals surface area (Å²) in [6.45, 7) is 1.94. The largest absolute Gasteiger partial charge is 0.484 e. The number of hydrogen-bond donors (Lipinski definition) is 0. The average Bonchev–Trinajstić information content (AvgIpc) is 2.43. The molecule has 0 spiro atoms. The first-order valence-corrected chi connectivity index (χ1v) is 6.41. The van der Waals surface area contributed by atoms with Gasteiger partial charge in [0, 0.05) is 31.6 Å². The third kappa shape index (κ3) is 2.99. The summed E-state index contributed by atoms with van der Waals surface area (Å²) < 4.78 is 10.6. The van der Waals surface area contributed by atoms with Crippen LogP contribution in [0.25, 0.3) is 11.0 Å². The second kappa shape index (κ2) is 5.77. The number of carbonyl (C=O) groups excluding carboxylic acids is 1. The fourth-order valence-corrected chi connectivity index (χ4v) is 1.87. The van der Waals surface area contributed by atoms with Gasteiger partial charge < -0.3 is 14.1 Å². The summed E-state index contributed by atoms with van der Waals surface area (Å²) in [5.41, 5.74) is 1.03. The molecule has 0 aliphatic rings. The average molecular weight is 275 g/mol. The lowest BCUT2D eigenvalue weighted by atomic mass is 10.1. The molecule has 106 valence electrons. The Bertz CT molecular complexity index is 688. The zero-order valence-electron chi connectivity index (χ0n) is 11.8. The molecule has 5 heteroatoms. The van der Waals surface area contributed by atoms with Crippen molar-refractivity contribution in [3.05, 3.63) is 40.2 Å². The first kappa shape index (κ1) is 14.1. The van der Waals surface area contributed by atoms with Crippen LogP contribution in [0, 0.1) is 0 Å². The van der Waals surface area contributed by atoms with Crippen molar-refractivity contribution in [2.75, 3.05) is 20.7 Å². The Morgan fingerprint density at radius 2 is 2.05 bits per heavy atom. The van der Waals surface area contributed by atoms with E-state index in [1.54, 1.807) is 26.2 Å². The van der Waals surface area contributed by atoms with Crippen molar-refractivity contribution >= 4 is 16.9 Å². The summed E-state index contributed by atoms with van der Waals surface area (Å²) in [6.07, 6.45) is 0.751. The van der Waals surface area contributed by atoms with Gasteiger partial charge in [-0.3, -0.25) is 4.79 Å². The zero-order chi connectivity index (χ0) is 14.7. The van der Waals surface area contributed by atoms with E-state index in [2.05, 4.69) is 0 Å². The van der Waals surface area contributed by atoms with Gasteiger partial charge in [-0.2, -0.15) is 0 Å². The molecule has 5 nitrogen and oxygen atoms in total. The van der Waals surface area contributed by atoms with Crippen molar-refractivity contribution in [3.63, 3.8) is 0 Å². The second-order valence-electron chi connectivity index (χ2n) is 4.68. The number of benzene rings is 1. The van der Waals surface area contributed by atoms with E-state index in [1.807, 2.05) is 13.0 Å². The highest BCUT2D eigenvalue weighted by Gasteiger charge is 2.08. The molecule has 0 radical (unpaired) electrons. The van der Waals surface area contributed by atoms with E-state index < -0.39 is 0 Å². The quantitative estimate of drug-likeness (QED) is 0.799. The summed E-state index contributed by atoms with van der Waals surface area (Å²) in [4.78, 5) is 24.4. The zero-order valence-corrected chi connectivity index (χ0v) is 11.8. The molecule has 0 saturated carbocycles. The predicted molar refractivity (Wildman–Crippen MR) is 76.1 cm³/mol. The molecule has 20 heavy (non-hydrogen) atoms. The second-order valence-corrected chi connectivity index (χ2v) is 4.68. The number of likely N-dealkylation sites (N-methyl/N-ethyl adjacent to an activating group) is 1. The Hall–Kier alpha value is -2.30. The molecule has 1 aromatic carbocycles. The number of aryl methyl sites for hydroxylation is 1. The smallest absolute Gasteiger partial charge is 0.336 e. The van der Waals surface area contributed by atoms with Gasteiger partial charge in [-0.15, -0.1) is 0 Å². The highest BCUT2D eigenvalue weighted by molar-refractivity contribution is 5.82. The van der Waals surface area contributed by atoms with Crippen LogP contribution >= 0.6 is 0 Å². The van der Waals surface area contributed by atoms with Crippen LogP contribution in [0.15, 0.2) is 33.5 Å². The standard InChI is InChI=1S/C15H17NO4/c1-4-10-7-15(18)20-13-8-11(5-6-12(10)13)19-9-14(17)16(2)3/h5-8H,4,9H2,1-3H3. The van der Waals surface area contributed by atoms with Gasteiger partial charge in [-0.1, -0.05) is 6.92 Å². The van der Waals surface area contributed by atoms with Gasteiger partial charge >= 0.3 is 5.63 Å². The Balaban J connectivity index is 2.30. The van der Waals surface area contributed by atoms with E-state index in [0.717, 1.165) is 17.4 Å². The fourth-order valence-electron chi connectivity index (χ4n) is 1.87. The lowest BCUT2D eigenvalue weighted by Crippen LogP contribution is -2.27. The SMILES string of the molecule is CCc1cc(=O)oc2cc(OCC(=O)N(C)C)ccc12. The predicted octanol–water partition coefficient (Wildman–Crippen LogP) is 1.82. The van der Waals surface area contributed by atoms with Crippen LogP contribution in [0.1, 0.15) is 12.5 Å². The minimum atomic E-state index is -0.379. The van der Waals surface area contributed by atoms with E-state index in [4.69, 9.17) is 9.15 Å². The lowest BCUT2D eigenvalue weighted by Gasteiger charge is -2.11. The minimum Gasteiger partial charge on any atom is -0.484 e. The summed E-state index contributed by atoms with van der Waals surface area (Å²) in [5, 5.41) is 0.887. The molecule has 0 atom stereocenters. The topological polar surface area (TPSA) is 59.8 Å². The summed E-state index contributed by atoms with van der Waals surface area (Å²) in [7, 11) is 3.33. The molecular formula is C15H17NO4. The van der Waals surface area contributed by atoms with E-state index in [-0.39, 0.29) is 18.1 Å². The van der Waals surface area contributed by atoms with Crippen molar-refractivity contribution in [2.24, 2.45) is 0 Å². The Kier molecular flexibility index (Phi) is 4.08. The van der Waals surface area contributed by atoms with E-state index in [0.29, 0.717) is 11.3 Å². The van der Waals surface area contributed by atoms with Gasteiger partial charge in [-0.25, -0.2) is 4.79 Å². The van der Waals surface area contributed by atoms with Crippen LogP contribution in [0.4, 0.5) is 0 Å². The Morgan fingerprint density at radius 3 is 2.70 bits per heavy atom. The van der Waals surface area contributed by atoms with Gasteiger partial charge in [0.05, 0.1) is 0 Å². The maximum Gasteiger partial charge on any atom is 0.336 e. The van der Waals surface area contributed by atoms with Crippen molar-refractivity contribution in [2.45, 2.75) is 13.3 Å². The maximum absolute atomic E-state index is 11.5. The number of nitrogens with zero attached hydrogens (tertiary/aromatic N) is 1. The van der Waals surface area contributed by atoms with Crippen LogP contribution in [0.3, 0.4) is 0 Å². The van der Waals surface area contributed by atoms with Crippen LogP contribution in [0.2, 0.25) is 0 Å². The number of rotatable bonds is 4. The molecule has 2 aromatic rings. The molecule has 0 N–H and O–H groups in total. The number of amides is 1. The molecule has 0 aliphatic heterocycles. The maximum atomic E-state index is 11.5. The van der Waals surface area contributed by atoms with Crippen LogP contribution < -0.4 is 10.4 Å². The van der Waals surface area contributed by atoms with E-state index >= 15 is 0 Å². The lowest BCUT2D eigenvalue weighted by molar-refractivity contribution is -0.130. The molecule has 1 amide bonds. The van der Waals surface area contributed by atoms with Crippen molar-refractivity contribution < 1.29 is 13.9 Å². The molecule has 0 bridgehead atoms. The summed E-state index contributed by atoms with van der Waals surface area (Å²) >= 11 is 0. The van der Waals surface area contributed by atoms with Gasteiger partial charge in [0.15, 0.2) is 6.61 Å². The van der Waals surface area contributed by atoms with E-state index in [1.165, 1.54) is 11.0 Å². The molecule has 0 unspecified atom stereocenters. The Morgan fingerprint density at radius 1 is 1.30 bits per heavy atom. The fraction of sp³-hybridized carbons (Fsp3) is 0.333. The molecule has 0 fully saturated rings. The molecule has 1 heterocycles. The first-order valence-electron chi connectivity index (χ1n) is 6.41. The van der Waals surface area contributed by atoms with Crippen molar-refractivity contribution in [3.8, 4) is 5.75 Å². The van der Waals surface area contributed by atoms with Crippen LogP contribution in [-0.2, 0) is 11.2 Å². The number of hydrogen-bond acceptors (Lipinski definition) is 4. The number of ether oxygens (including phenoxy) is 1.